The number of allylic oxidation sites excluding steroid dienone is 2. The number of nitrogens with one attached hydrogen (secondary N) is 2. The van der Waals surface area contributed by atoms with Crippen LogP contribution in [0.3, 0.4) is 0 Å². The highest BCUT2D eigenvalue weighted by molar-refractivity contribution is 6.01. The van der Waals surface area contributed by atoms with E-state index in [0.717, 1.165) is 138 Å². The number of phenols is 1. The van der Waals surface area contributed by atoms with Crippen molar-refractivity contribution in [1.82, 2.24) is 10.6 Å². The number of anilines is 1. The zero-order valence-corrected chi connectivity index (χ0v) is 47.0. The average Bonchev–Trinajstić information content (AvgIpc) is 3.99. The van der Waals surface area contributed by atoms with E-state index in [0.29, 0.717) is 55.9 Å². The van der Waals surface area contributed by atoms with Crippen molar-refractivity contribution in [1.29, 1.82) is 0 Å². The molecule has 2 heterocycles. The van der Waals surface area contributed by atoms with Gasteiger partial charge in [-0.2, -0.15) is 0 Å². The van der Waals surface area contributed by atoms with Gasteiger partial charge in [0.05, 0.1) is 17.3 Å². The number of hydrogen-bond donors (Lipinski definition) is 7. The molecule has 2 saturated heterocycles. The third-order valence-corrected chi connectivity index (χ3v) is 24.7. The number of fused-ring (bicyclic) bond motifs is 2. The van der Waals surface area contributed by atoms with Crippen molar-refractivity contribution in [2.45, 2.75) is 223 Å². The number of β-amino-alcohol motifs (C(OH)–C–C–N with tert-alkyl or cyclic N) is 1. The predicted octanol–water partition coefficient (Wildman–Crippen LogP) is 11.2. The molecule has 12 rings (SSSR count). The molecule has 416 valence electrons. The molecule has 10 heteroatoms. The van der Waals surface area contributed by atoms with Crippen LogP contribution in [0.25, 0.3) is 0 Å². The monoisotopic (exact) mass is 1040 g/mol. The lowest BCUT2D eigenvalue weighted by Gasteiger charge is -2.74. The second kappa shape index (κ2) is 19.8. The maximum atomic E-state index is 16.1. The Kier molecular flexibility index (Phi) is 14.0. The summed E-state index contributed by atoms with van der Waals surface area (Å²) in [6.45, 7) is 10.4. The van der Waals surface area contributed by atoms with Crippen LogP contribution >= 0.6 is 0 Å². The molecule has 10 nitrogen and oxygen atoms in total. The van der Waals surface area contributed by atoms with E-state index in [-0.39, 0.29) is 82.5 Å². The number of Topliss-reactive ketones (excluding diaryl/α,β-unsaturated/α-hetero) is 2. The van der Waals surface area contributed by atoms with Gasteiger partial charge in [-0.25, -0.2) is 0 Å². The lowest BCUT2D eigenvalue weighted by molar-refractivity contribution is -0.230. The van der Waals surface area contributed by atoms with Crippen molar-refractivity contribution in [2.75, 3.05) is 25.9 Å². The summed E-state index contributed by atoms with van der Waals surface area (Å²) in [5.41, 5.74) is 9.88. The fourth-order valence-electron chi connectivity index (χ4n) is 21.7. The van der Waals surface area contributed by atoms with E-state index in [9.17, 15) is 20.4 Å². The van der Waals surface area contributed by atoms with Gasteiger partial charge >= 0.3 is 0 Å². The third kappa shape index (κ3) is 8.49. The number of epoxide rings is 1. The maximum absolute atomic E-state index is 16.1. The fourth-order valence-corrected chi connectivity index (χ4v) is 21.7. The topological polar surface area (TPSA) is 178 Å². The molecular formula is C66H95N3O7. The molecule has 0 aromatic heterocycles. The number of ether oxygens (including phenoxy) is 1. The minimum absolute atomic E-state index is 0.0274. The van der Waals surface area contributed by atoms with Gasteiger partial charge in [-0.15, -0.1) is 0 Å². The first-order chi connectivity index (χ1) is 36.4. The molecule has 0 radical (unpaired) electrons. The number of benzene rings is 2. The average molecular weight is 1040 g/mol. The van der Waals surface area contributed by atoms with E-state index in [4.69, 9.17) is 10.5 Å². The van der Waals surface area contributed by atoms with E-state index in [1.807, 2.05) is 32.2 Å². The van der Waals surface area contributed by atoms with Gasteiger partial charge in [0.25, 0.3) is 0 Å². The summed E-state index contributed by atoms with van der Waals surface area (Å²) in [6, 6.07) is 14.3. The van der Waals surface area contributed by atoms with Gasteiger partial charge in [-0.3, -0.25) is 9.59 Å². The van der Waals surface area contributed by atoms with E-state index in [1.54, 1.807) is 0 Å². The Bertz CT molecular complexity index is 2570. The van der Waals surface area contributed by atoms with E-state index in [1.165, 1.54) is 24.0 Å². The first kappa shape index (κ1) is 53.5. The van der Waals surface area contributed by atoms with Crippen molar-refractivity contribution in [3.8, 4) is 5.75 Å². The summed E-state index contributed by atoms with van der Waals surface area (Å²) in [4.78, 5) is 32.1. The number of aliphatic hydroxyl groups excluding tert-OH is 2. The lowest BCUT2D eigenvalue weighted by atomic mass is 9.30. The van der Waals surface area contributed by atoms with Crippen LogP contribution < -0.4 is 16.4 Å². The molecule has 76 heavy (non-hydrogen) atoms. The number of hydrogen-bond acceptors (Lipinski definition) is 10. The van der Waals surface area contributed by atoms with Gasteiger partial charge in [0.2, 0.25) is 0 Å². The maximum Gasteiger partial charge on any atom is 0.160 e. The summed E-state index contributed by atoms with van der Waals surface area (Å²) in [5, 5.41) is 54.8. The molecule has 10 aliphatic rings. The van der Waals surface area contributed by atoms with Crippen LogP contribution in [0.2, 0.25) is 0 Å². The van der Waals surface area contributed by atoms with Crippen molar-refractivity contribution < 1.29 is 34.8 Å². The number of rotatable bonds is 10. The molecule has 2 aromatic carbocycles. The Morgan fingerprint density at radius 1 is 0.868 bits per heavy atom. The van der Waals surface area contributed by atoms with Crippen LogP contribution in [-0.4, -0.2) is 81.6 Å². The first-order valence-electron chi connectivity index (χ1n) is 31.0. The molecule has 2 aromatic rings. The molecule has 4 bridgehead atoms. The molecular weight excluding hydrogens is 947 g/mol. The molecule has 8 N–H and O–H groups in total. The zero-order chi connectivity index (χ0) is 53.2. The number of carbonyl (C=O) groups is 2. The normalized spacial score (nSPS) is 45.0. The van der Waals surface area contributed by atoms with Gasteiger partial charge in [0.15, 0.2) is 5.78 Å². The standard InChI is InChI=1S/C66H95N3O7/c1-61(75)24-8-9-25-62(2)58-53(69-38-61)34-65-26-12-14-41-21-20-39(37-70)29-48(41)49(32-54(72)60-64(4,76-60)51-19-11-18-47(51)42-13-10-17-45(67)30-42)57-52(63(65,3)35-55(57)73)22-23-56(65)66(58,44-15-6-7-16-44)33-50(59(62)74)43-27-40(36-68-5)28-46(71)31-43/h10,13,17,27-28,30-31,39,41,44,47-51,53-54,56,58,60,68-72,75H,6-9,11-12,14-16,18-26,29,32-38,67H2,1-5H3. The number of nitrogens with two attached hydrogens (primary N) is 1. The number of aromatic hydroxyl groups is 1. The first-order valence-corrected chi connectivity index (χ1v) is 31.0. The summed E-state index contributed by atoms with van der Waals surface area (Å²) in [5.74, 6) is 2.51. The largest absolute Gasteiger partial charge is 0.508 e. The predicted molar refractivity (Wildman–Crippen MR) is 298 cm³/mol. The van der Waals surface area contributed by atoms with Crippen LogP contribution in [0.5, 0.6) is 5.75 Å². The van der Waals surface area contributed by atoms with Gasteiger partial charge < -0.3 is 41.5 Å². The molecule has 18 atom stereocenters. The smallest absolute Gasteiger partial charge is 0.160 e. The highest BCUT2D eigenvalue weighted by Gasteiger charge is 2.76. The molecule has 8 aliphatic carbocycles. The van der Waals surface area contributed by atoms with Gasteiger partial charge in [0.1, 0.15) is 17.6 Å². The zero-order valence-electron chi connectivity index (χ0n) is 47.0. The highest BCUT2D eigenvalue weighted by Crippen LogP contribution is 2.79. The minimum Gasteiger partial charge on any atom is -0.508 e. The summed E-state index contributed by atoms with van der Waals surface area (Å²) in [7, 11) is 1.93. The van der Waals surface area contributed by atoms with Crippen LogP contribution in [0.1, 0.15) is 204 Å². The number of carbonyl (C=O) groups excluding carboxylic acids is 2. The number of ketones is 2. The van der Waals surface area contributed by atoms with Crippen molar-refractivity contribution in [2.24, 2.45) is 69.0 Å². The van der Waals surface area contributed by atoms with E-state index >= 15 is 9.59 Å². The highest BCUT2D eigenvalue weighted by atomic mass is 16.6. The van der Waals surface area contributed by atoms with E-state index in [2.05, 4.69) is 55.7 Å². The van der Waals surface area contributed by atoms with Crippen LogP contribution in [0, 0.1) is 69.0 Å². The lowest BCUT2D eigenvalue weighted by Crippen LogP contribution is -2.73. The fraction of sp³-hybridized carbons (Fsp3) is 0.758. The Labute approximate surface area is 455 Å². The van der Waals surface area contributed by atoms with Crippen molar-refractivity contribution in [3.05, 3.63) is 70.3 Å². The Balaban J connectivity index is 0.991. The molecule has 18 unspecified atom stereocenters. The minimum atomic E-state index is -0.884. The molecule has 6 saturated carbocycles. The van der Waals surface area contributed by atoms with Gasteiger partial charge in [0, 0.05) is 54.6 Å². The van der Waals surface area contributed by atoms with Crippen molar-refractivity contribution in [3.63, 3.8) is 0 Å². The summed E-state index contributed by atoms with van der Waals surface area (Å²) in [6.07, 6.45) is 20.7. The Morgan fingerprint density at radius 3 is 2.45 bits per heavy atom. The number of phenolic OH excluding ortho intramolecular Hbond substituents is 1. The SMILES string of the molecule is CNCc1cc(O)cc(C2CC3(C4CCCC4)C4C(CC56CCCC7CCC(CO)CC7C(CC(O)C7OC7(C)C7CCCC7c7cccc(N)c7)C7=C(CCC35)C6(C)CC7=O)NCC(C)(O)CCCCC4(C)C2=O)c1. The third-order valence-electron chi connectivity index (χ3n) is 24.7. The molecule has 0 amide bonds. The molecule has 1 spiro atoms. The summed E-state index contributed by atoms with van der Waals surface area (Å²) < 4.78 is 6.82. The second-order valence-corrected chi connectivity index (χ2v) is 28.7. The molecule has 2 aliphatic heterocycles. The van der Waals surface area contributed by atoms with Gasteiger partial charge in [-0.05, 0) is 228 Å². The number of nitrogen functional groups attached to an aromatic ring is 1. The van der Waals surface area contributed by atoms with Crippen molar-refractivity contribution >= 4 is 17.3 Å². The quantitative estimate of drug-likeness (QED) is 0.0895. The molecule has 8 fully saturated rings. The number of aliphatic hydroxyl groups is 3. The summed E-state index contributed by atoms with van der Waals surface area (Å²) >= 11 is 0. The van der Waals surface area contributed by atoms with E-state index < -0.39 is 28.1 Å². The van der Waals surface area contributed by atoms with Crippen LogP contribution in [0.4, 0.5) is 5.69 Å². The Hall–Kier alpha value is -3.12. The van der Waals surface area contributed by atoms with Gasteiger partial charge in [-0.1, -0.05) is 82.6 Å². The Morgan fingerprint density at radius 2 is 1.67 bits per heavy atom. The van der Waals surface area contributed by atoms with Crippen LogP contribution in [0.15, 0.2) is 53.6 Å². The van der Waals surface area contributed by atoms with Crippen LogP contribution in [-0.2, 0) is 20.9 Å². The second-order valence-electron chi connectivity index (χ2n) is 28.7.